The standard InChI is InChI=1S/C14H19F2NO3S/c1-14(2,3)21(19)9-8-17-12(18)10-4-6-11(7-5-10)20-13(15)16/h4-7,13H,8-9H2,1-3H3,(H,17,18). The lowest BCUT2D eigenvalue weighted by Gasteiger charge is -2.17. The van der Waals surface area contributed by atoms with E-state index in [-0.39, 0.29) is 22.9 Å². The monoisotopic (exact) mass is 319 g/mol. The number of nitrogens with one attached hydrogen (secondary N) is 1. The van der Waals surface area contributed by atoms with Crippen molar-refractivity contribution in [1.29, 1.82) is 0 Å². The number of benzene rings is 1. The number of rotatable bonds is 6. The Morgan fingerprint density at radius 3 is 2.33 bits per heavy atom. The molecule has 0 heterocycles. The Morgan fingerprint density at radius 1 is 1.29 bits per heavy atom. The second kappa shape index (κ2) is 7.49. The molecule has 0 aliphatic carbocycles. The molecule has 0 aromatic heterocycles. The van der Waals surface area contributed by atoms with E-state index >= 15 is 0 Å². The summed E-state index contributed by atoms with van der Waals surface area (Å²) >= 11 is 0. The van der Waals surface area contributed by atoms with E-state index in [4.69, 9.17) is 0 Å². The summed E-state index contributed by atoms with van der Waals surface area (Å²) in [4.78, 5) is 11.8. The quantitative estimate of drug-likeness (QED) is 0.877. The summed E-state index contributed by atoms with van der Waals surface area (Å²) in [7, 11) is -1.04. The molecule has 1 unspecified atom stereocenters. The van der Waals surface area contributed by atoms with Crippen molar-refractivity contribution in [2.45, 2.75) is 32.1 Å². The zero-order chi connectivity index (χ0) is 16.0. The number of halogens is 2. The number of alkyl halides is 2. The molecular weight excluding hydrogens is 300 g/mol. The van der Waals surface area contributed by atoms with E-state index in [2.05, 4.69) is 10.1 Å². The Kier molecular flexibility index (Phi) is 6.26. The highest BCUT2D eigenvalue weighted by Gasteiger charge is 2.19. The van der Waals surface area contributed by atoms with Gasteiger partial charge in [0.05, 0.1) is 0 Å². The molecule has 1 rings (SSSR count). The lowest BCUT2D eigenvalue weighted by Crippen LogP contribution is -2.32. The van der Waals surface area contributed by atoms with Crippen molar-refractivity contribution in [2.24, 2.45) is 0 Å². The summed E-state index contributed by atoms with van der Waals surface area (Å²) in [6, 6.07) is 5.39. The van der Waals surface area contributed by atoms with Crippen LogP contribution in [-0.4, -0.2) is 33.8 Å². The summed E-state index contributed by atoms with van der Waals surface area (Å²) in [5.74, 6) is 0.0156. The highest BCUT2D eigenvalue weighted by atomic mass is 32.2. The largest absolute Gasteiger partial charge is 0.435 e. The number of hydrogen-bond acceptors (Lipinski definition) is 3. The molecule has 0 fully saturated rings. The lowest BCUT2D eigenvalue weighted by molar-refractivity contribution is -0.0498. The van der Waals surface area contributed by atoms with Gasteiger partial charge < -0.3 is 10.1 Å². The molecule has 1 N–H and O–H groups in total. The van der Waals surface area contributed by atoms with Gasteiger partial charge in [-0.15, -0.1) is 0 Å². The maximum absolute atomic E-state index is 12.0. The molecule has 1 aromatic rings. The third kappa shape index (κ3) is 6.20. The van der Waals surface area contributed by atoms with Crippen LogP contribution in [0.3, 0.4) is 0 Å². The smallest absolute Gasteiger partial charge is 0.387 e. The van der Waals surface area contributed by atoms with Gasteiger partial charge in [-0.1, -0.05) is 0 Å². The minimum atomic E-state index is -2.89. The van der Waals surface area contributed by atoms with E-state index in [0.717, 1.165) is 0 Å². The average molecular weight is 319 g/mol. The number of amides is 1. The van der Waals surface area contributed by atoms with Crippen LogP contribution in [0.15, 0.2) is 24.3 Å². The molecule has 1 aromatic carbocycles. The molecule has 0 aliphatic heterocycles. The maximum atomic E-state index is 12.0. The van der Waals surface area contributed by atoms with Gasteiger partial charge in [-0.25, -0.2) is 0 Å². The molecule has 0 radical (unpaired) electrons. The minimum Gasteiger partial charge on any atom is -0.435 e. The van der Waals surface area contributed by atoms with Crippen LogP contribution in [0.1, 0.15) is 31.1 Å². The molecular formula is C14H19F2NO3S. The summed E-state index contributed by atoms with van der Waals surface area (Å²) in [5.41, 5.74) is 0.332. The average Bonchev–Trinajstić information content (AvgIpc) is 2.37. The van der Waals surface area contributed by atoms with Crippen LogP contribution in [0.4, 0.5) is 8.78 Å². The lowest BCUT2D eigenvalue weighted by atomic mass is 10.2. The Balaban J connectivity index is 2.47. The Hall–Kier alpha value is -1.50. The van der Waals surface area contributed by atoms with Gasteiger partial charge in [0.25, 0.3) is 5.91 Å². The molecule has 1 amide bonds. The second-order valence-electron chi connectivity index (χ2n) is 5.32. The van der Waals surface area contributed by atoms with Crippen LogP contribution in [0.2, 0.25) is 0 Å². The van der Waals surface area contributed by atoms with Crippen molar-refractivity contribution >= 4 is 16.7 Å². The van der Waals surface area contributed by atoms with Crippen molar-refractivity contribution in [1.82, 2.24) is 5.32 Å². The molecule has 0 bridgehead atoms. The first-order valence-corrected chi connectivity index (χ1v) is 7.73. The zero-order valence-electron chi connectivity index (χ0n) is 12.2. The van der Waals surface area contributed by atoms with E-state index in [1.807, 2.05) is 20.8 Å². The van der Waals surface area contributed by atoms with Gasteiger partial charge in [0.1, 0.15) is 5.75 Å². The van der Waals surface area contributed by atoms with Crippen molar-refractivity contribution < 1.29 is 22.5 Å². The first-order chi connectivity index (χ1) is 9.70. The summed E-state index contributed by atoms with van der Waals surface area (Å²) in [5, 5.41) is 2.64. The first kappa shape index (κ1) is 17.6. The molecule has 0 saturated carbocycles. The van der Waals surface area contributed by atoms with Gasteiger partial charge >= 0.3 is 6.61 Å². The molecule has 7 heteroatoms. The highest BCUT2D eigenvalue weighted by molar-refractivity contribution is 7.86. The van der Waals surface area contributed by atoms with Crippen molar-refractivity contribution in [3.05, 3.63) is 29.8 Å². The van der Waals surface area contributed by atoms with Gasteiger partial charge in [-0.05, 0) is 45.0 Å². The Morgan fingerprint density at radius 2 is 1.86 bits per heavy atom. The molecule has 118 valence electrons. The topological polar surface area (TPSA) is 55.4 Å². The molecule has 0 aliphatic rings. The van der Waals surface area contributed by atoms with Crippen LogP contribution in [-0.2, 0) is 10.8 Å². The summed E-state index contributed by atoms with van der Waals surface area (Å²) in [6.45, 7) is 3.00. The molecule has 0 saturated heterocycles. The number of ether oxygens (including phenoxy) is 1. The number of carbonyl (C=O) groups excluding carboxylic acids is 1. The van der Waals surface area contributed by atoms with E-state index < -0.39 is 17.4 Å². The van der Waals surface area contributed by atoms with Gasteiger partial charge in [-0.2, -0.15) is 8.78 Å². The maximum Gasteiger partial charge on any atom is 0.387 e. The molecule has 21 heavy (non-hydrogen) atoms. The van der Waals surface area contributed by atoms with Crippen molar-refractivity contribution in [3.8, 4) is 5.75 Å². The predicted molar refractivity (Wildman–Crippen MR) is 78.2 cm³/mol. The molecule has 4 nitrogen and oxygen atoms in total. The predicted octanol–water partition coefficient (Wildman–Crippen LogP) is 2.57. The summed E-state index contributed by atoms with van der Waals surface area (Å²) < 4.78 is 39.7. The van der Waals surface area contributed by atoms with Crippen LogP contribution >= 0.6 is 0 Å². The summed E-state index contributed by atoms with van der Waals surface area (Å²) in [6.07, 6.45) is 0. The van der Waals surface area contributed by atoms with Gasteiger partial charge in [-0.3, -0.25) is 9.00 Å². The van der Waals surface area contributed by atoms with Gasteiger partial charge in [0, 0.05) is 33.4 Å². The van der Waals surface area contributed by atoms with Crippen molar-refractivity contribution in [2.75, 3.05) is 12.3 Å². The number of hydrogen-bond donors (Lipinski definition) is 1. The SMILES string of the molecule is CC(C)(C)S(=O)CCNC(=O)c1ccc(OC(F)F)cc1. The second-order valence-corrected chi connectivity index (χ2v) is 7.64. The highest BCUT2D eigenvalue weighted by Crippen LogP contribution is 2.15. The van der Waals surface area contributed by atoms with Crippen LogP contribution < -0.4 is 10.1 Å². The zero-order valence-corrected chi connectivity index (χ0v) is 13.0. The minimum absolute atomic E-state index is 0.00427. The first-order valence-electron chi connectivity index (χ1n) is 6.41. The normalized spacial score (nSPS) is 13.0. The third-order valence-electron chi connectivity index (χ3n) is 2.60. The van der Waals surface area contributed by atoms with Gasteiger partial charge in [0.2, 0.25) is 0 Å². The van der Waals surface area contributed by atoms with Crippen LogP contribution in [0, 0.1) is 0 Å². The van der Waals surface area contributed by atoms with E-state index in [1.54, 1.807) is 0 Å². The van der Waals surface area contributed by atoms with E-state index in [1.165, 1.54) is 24.3 Å². The third-order valence-corrected chi connectivity index (χ3v) is 4.54. The van der Waals surface area contributed by atoms with E-state index in [9.17, 15) is 17.8 Å². The number of carbonyl (C=O) groups is 1. The molecule has 0 spiro atoms. The van der Waals surface area contributed by atoms with E-state index in [0.29, 0.717) is 11.3 Å². The molecule has 1 atom stereocenters. The van der Waals surface area contributed by atoms with Crippen molar-refractivity contribution in [3.63, 3.8) is 0 Å². The fraction of sp³-hybridized carbons (Fsp3) is 0.500. The fourth-order valence-electron chi connectivity index (χ4n) is 1.45. The Labute approximate surface area is 125 Å². The van der Waals surface area contributed by atoms with Gasteiger partial charge in [0.15, 0.2) is 0 Å². The van der Waals surface area contributed by atoms with Crippen LogP contribution in [0.5, 0.6) is 5.75 Å². The fourth-order valence-corrected chi connectivity index (χ4v) is 2.35. The Bertz CT molecular complexity index is 498. The van der Waals surface area contributed by atoms with Crippen LogP contribution in [0.25, 0.3) is 0 Å².